The van der Waals surface area contributed by atoms with Gasteiger partial charge in [-0.2, -0.15) is 0 Å². The van der Waals surface area contributed by atoms with E-state index in [1.54, 1.807) is 0 Å². The zero-order valence-electron chi connectivity index (χ0n) is 11.3. The van der Waals surface area contributed by atoms with Gasteiger partial charge in [-0.25, -0.2) is 0 Å². The van der Waals surface area contributed by atoms with Crippen molar-refractivity contribution < 1.29 is 0 Å². The summed E-state index contributed by atoms with van der Waals surface area (Å²) in [5, 5.41) is 7.12. The van der Waals surface area contributed by atoms with Crippen LogP contribution in [0.3, 0.4) is 0 Å². The first-order chi connectivity index (χ1) is 9.33. The van der Waals surface area contributed by atoms with Gasteiger partial charge < -0.3 is 15.5 Å². The minimum atomic E-state index is 0.722. The maximum absolute atomic E-state index is 3.64. The smallest absolute Gasteiger partial charge is 0.0613 e. The molecule has 2 aliphatic rings. The fraction of sp³-hybridized carbons (Fsp3) is 0.600. The van der Waals surface area contributed by atoms with Gasteiger partial charge in [-0.05, 0) is 44.0 Å². The van der Waals surface area contributed by atoms with Crippen LogP contribution < -0.4 is 15.5 Å². The van der Waals surface area contributed by atoms with Gasteiger partial charge in [0.15, 0.2) is 0 Å². The number of hydrogen-bond donors (Lipinski definition) is 2. The molecule has 4 heteroatoms. The second-order valence-electron chi connectivity index (χ2n) is 5.51. The molecule has 1 aromatic rings. The summed E-state index contributed by atoms with van der Waals surface area (Å²) in [6, 6.07) is 7.23. The molecular weight excluding hydrogens is 302 g/mol. The average Bonchev–Trinajstić information content (AvgIpc) is 2.46. The Balaban J connectivity index is 1.64. The number of anilines is 2. The molecule has 0 aromatic heterocycles. The number of halogens is 1. The Kier molecular flexibility index (Phi) is 4.28. The number of hydrogen-bond acceptors (Lipinski definition) is 3. The Labute approximate surface area is 123 Å². The number of piperidine rings is 1. The largest absolute Gasteiger partial charge is 0.382 e. The minimum Gasteiger partial charge on any atom is -0.382 e. The average molecular weight is 324 g/mol. The summed E-state index contributed by atoms with van der Waals surface area (Å²) in [6.45, 7) is 4.51. The second kappa shape index (κ2) is 6.14. The van der Waals surface area contributed by atoms with Gasteiger partial charge in [-0.1, -0.05) is 22.4 Å². The van der Waals surface area contributed by atoms with Crippen molar-refractivity contribution in [1.29, 1.82) is 0 Å². The van der Waals surface area contributed by atoms with Crippen LogP contribution in [0.1, 0.15) is 25.7 Å². The molecule has 3 nitrogen and oxygen atoms in total. The Bertz CT molecular complexity index is 429. The molecule has 1 saturated heterocycles. The van der Waals surface area contributed by atoms with Gasteiger partial charge in [0.25, 0.3) is 0 Å². The van der Waals surface area contributed by atoms with Crippen LogP contribution in [0.4, 0.5) is 11.4 Å². The molecule has 104 valence electrons. The van der Waals surface area contributed by atoms with Crippen molar-refractivity contribution >= 4 is 27.3 Å². The molecule has 0 radical (unpaired) electrons. The van der Waals surface area contributed by atoms with E-state index in [1.807, 2.05) is 0 Å². The predicted octanol–water partition coefficient (Wildman–Crippen LogP) is 3.21. The number of rotatable bonds is 3. The summed E-state index contributed by atoms with van der Waals surface area (Å²) in [6.07, 6.45) is 5.34. The van der Waals surface area contributed by atoms with Crippen molar-refractivity contribution in [2.24, 2.45) is 0 Å². The third kappa shape index (κ3) is 3.23. The SMILES string of the molecule is Brc1ccc2c(c1)N(CCC1CCCCN1)CCN2. The Morgan fingerprint density at radius 1 is 1.26 bits per heavy atom. The van der Waals surface area contributed by atoms with Crippen molar-refractivity contribution in [3.05, 3.63) is 22.7 Å². The van der Waals surface area contributed by atoms with Crippen LogP contribution >= 0.6 is 15.9 Å². The Morgan fingerprint density at radius 2 is 2.21 bits per heavy atom. The van der Waals surface area contributed by atoms with E-state index in [4.69, 9.17) is 0 Å². The van der Waals surface area contributed by atoms with E-state index in [9.17, 15) is 0 Å². The summed E-state index contributed by atoms with van der Waals surface area (Å²) in [5.41, 5.74) is 2.61. The molecule has 1 atom stereocenters. The van der Waals surface area contributed by atoms with Crippen molar-refractivity contribution in [2.75, 3.05) is 36.4 Å². The third-order valence-electron chi connectivity index (χ3n) is 4.16. The topological polar surface area (TPSA) is 27.3 Å². The lowest BCUT2D eigenvalue weighted by atomic mass is 10.0. The lowest BCUT2D eigenvalue weighted by molar-refractivity contribution is 0.383. The van der Waals surface area contributed by atoms with E-state index in [-0.39, 0.29) is 0 Å². The van der Waals surface area contributed by atoms with Crippen LogP contribution in [0.5, 0.6) is 0 Å². The molecule has 0 saturated carbocycles. The van der Waals surface area contributed by atoms with Crippen LogP contribution in [0, 0.1) is 0 Å². The van der Waals surface area contributed by atoms with E-state index in [0.29, 0.717) is 0 Å². The van der Waals surface area contributed by atoms with Gasteiger partial charge in [0.05, 0.1) is 11.4 Å². The summed E-state index contributed by atoms with van der Waals surface area (Å²) in [5.74, 6) is 0. The van der Waals surface area contributed by atoms with Gasteiger partial charge in [-0.15, -0.1) is 0 Å². The lowest BCUT2D eigenvalue weighted by Gasteiger charge is -2.34. The van der Waals surface area contributed by atoms with Crippen LogP contribution in [0.15, 0.2) is 22.7 Å². The zero-order chi connectivity index (χ0) is 13.1. The normalized spacial score (nSPS) is 22.8. The zero-order valence-corrected chi connectivity index (χ0v) is 12.9. The van der Waals surface area contributed by atoms with Crippen LogP contribution in [0.2, 0.25) is 0 Å². The summed E-state index contributed by atoms with van der Waals surface area (Å²) in [7, 11) is 0. The molecule has 0 aliphatic carbocycles. The van der Waals surface area contributed by atoms with E-state index in [2.05, 4.69) is 49.7 Å². The first kappa shape index (κ1) is 13.3. The minimum absolute atomic E-state index is 0.722. The predicted molar refractivity (Wildman–Crippen MR) is 85.1 cm³/mol. The van der Waals surface area contributed by atoms with Gasteiger partial charge in [0.1, 0.15) is 0 Å². The van der Waals surface area contributed by atoms with Crippen molar-refractivity contribution in [1.82, 2.24) is 5.32 Å². The number of fused-ring (bicyclic) bond motifs is 1. The van der Waals surface area contributed by atoms with Gasteiger partial charge in [-0.3, -0.25) is 0 Å². The molecule has 0 bridgehead atoms. The molecule has 0 amide bonds. The molecule has 19 heavy (non-hydrogen) atoms. The Hall–Kier alpha value is -0.740. The van der Waals surface area contributed by atoms with Crippen LogP contribution in [0.25, 0.3) is 0 Å². The highest BCUT2D eigenvalue weighted by Crippen LogP contribution is 2.32. The molecule has 0 spiro atoms. The number of nitrogens with zero attached hydrogens (tertiary/aromatic N) is 1. The molecular formula is C15H22BrN3. The highest BCUT2D eigenvalue weighted by molar-refractivity contribution is 9.10. The number of benzene rings is 1. The molecule has 1 fully saturated rings. The second-order valence-corrected chi connectivity index (χ2v) is 6.43. The monoisotopic (exact) mass is 323 g/mol. The summed E-state index contributed by atoms with van der Waals surface area (Å²) < 4.78 is 1.16. The Morgan fingerprint density at radius 3 is 3.05 bits per heavy atom. The third-order valence-corrected chi connectivity index (χ3v) is 4.65. The first-order valence-corrected chi connectivity index (χ1v) is 8.14. The molecule has 1 aromatic carbocycles. The lowest BCUT2D eigenvalue weighted by Crippen LogP contribution is -2.40. The molecule has 2 heterocycles. The standard InChI is InChI=1S/C15H22BrN3/c16-12-4-5-14-15(11-12)19(10-8-18-14)9-6-13-3-1-2-7-17-13/h4-5,11,13,17-18H,1-3,6-10H2. The maximum Gasteiger partial charge on any atom is 0.0613 e. The molecule has 2 N–H and O–H groups in total. The van der Waals surface area contributed by atoms with Gasteiger partial charge in [0.2, 0.25) is 0 Å². The van der Waals surface area contributed by atoms with Crippen molar-refractivity contribution in [2.45, 2.75) is 31.7 Å². The fourth-order valence-electron chi connectivity index (χ4n) is 3.08. The van der Waals surface area contributed by atoms with E-state index >= 15 is 0 Å². The van der Waals surface area contributed by atoms with Crippen LogP contribution in [-0.2, 0) is 0 Å². The van der Waals surface area contributed by atoms with Crippen molar-refractivity contribution in [3.63, 3.8) is 0 Å². The van der Waals surface area contributed by atoms with E-state index in [1.165, 1.54) is 43.6 Å². The highest BCUT2D eigenvalue weighted by atomic mass is 79.9. The van der Waals surface area contributed by atoms with Gasteiger partial charge in [0, 0.05) is 30.1 Å². The van der Waals surface area contributed by atoms with E-state index in [0.717, 1.165) is 30.1 Å². The fourth-order valence-corrected chi connectivity index (χ4v) is 3.43. The maximum atomic E-state index is 3.64. The summed E-state index contributed by atoms with van der Waals surface area (Å²) in [4.78, 5) is 2.52. The van der Waals surface area contributed by atoms with E-state index < -0.39 is 0 Å². The van der Waals surface area contributed by atoms with Gasteiger partial charge >= 0.3 is 0 Å². The highest BCUT2D eigenvalue weighted by Gasteiger charge is 2.19. The summed E-state index contributed by atoms with van der Waals surface area (Å²) >= 11 is 3.58. The van der Waals surface area contributed by atoms with Crippen LogP contribution in [-0.4, -0.2) is 32.2 Å². The molecule has 1 unspecified atom stereocenters. The number of nitrogens with one attached hydrogen (secondary N) is 2. The quantitative estimate of drug-likeness (QED) is 0.894. The first-order valence-electron chi connectivity index (χ1n) is 7.35. The molecule has 3 rings (SSSR count). The van der Waals surface area contributed by atoms with Crippen molar-refractivity contribution in [3.8, 4) is 0 Å². The molecule has 2 aliphatic heterocycles.